The lowest BCUT2D eigenvalue weighted by Gasteiger charge is -2.13. The van der Waals surface area contributed by atoms with Crippen LogP contribution in [0.3, 0.4) is 0 Å². The van der Waals surface area contributed by atoms with Crippen molar-refractivity contribution in [2.45, 2.75) is 39.5 Å². The second-order valence-electron chi connectivity index (χ2n) is 4.33. The predicted octanol–water partition coefficient (Wildman–Crippen LogP) is 3.02. The van der Waals surface area contributed by atoms with Crippen LogP contribution in [0.2, 0.25) is 0 Å². The number of hydrogen-bond acceptors (Lipinski definition) is 4. The van der Waals surface area contributed by atoms with Gasteiger partial charge in [-0.3, -0.25) is 4.79 Å². The maximum Gasteiger partial charge on any atom is 0.308 e. The van der Waals surface area contributed by atoms with Gasteiger partial charge in [-0.1, -0.05) is 26.7 Å². The van der Waals surface area contributed by atoms with Gasteiger partial charge < -0.3 is 14.2 Å². The maximum atomic E-state index is 11.7. The van der Waals surface area contributed by atoms with E-state index in [-0.39, 0.29) is 11.9 Å². The van der Waals surface area contributed by atoms with Gasteiger partial charge in [0.15, 0.2) is 0 Å². The molecule has 1 atom stereocenters. The van der Waals surface area contributed by atoms with Crippen LogP contribution in [0, 0.1) is 5.92 Å². The van der Waals surface area contributed by atoms with E-state index in [1.54, 1.807) is 0 Å². The lowest BCUT2D eigenvalue weighted by Crippen LogP contribution is -2.20. The summed E-state index contributed by atoms with van der Waals surface area (Å²) in [5.74, 6) is 0.429. The van der Waals surface area contributed by atoms with Gasteiger partial charge in [0.25, 0.3) is 0 Å². The molecule has 0 aliphatic rings. The summed E-state index contributed by atoms with van der Waals surface area (Å²) >= 11 is 5.46. The van der Waals surface area contributed by atoms with Gasteiger partial charge in [0.1, 0.15) is 6.61 Å². The molecule has 114 valence electrons. The highest BCUT2D eigenvalue weighted by Gasteiger charge is 2.16. The molecule has 0 aromatic heterocycles. The fourth-order valence-corrected chi connectivity index (χ4v) is 1.74. The highest BCUT2D eigenvalue weighted by Crippen LogP contribution is 2.14. The summed E-state index contributed by atoms with van der Waals surface area (Å²) in [5, 5.41) is 0. The first-order chi connectivity index (χ1) is 9.26. The largest absolute Gasteiger partial charge is 0.463 e. The second kappa shape index (κ2) is 14.1. The van der Waals surface area contributed by atoms with E-state index in [1.807, 2.05) is 6.92 Å². The van der Waals surface area contributed by atoms with E-state index >= 15 is 0 Å². The van der Waals surface area contributed by atoms with Crippen molar-refractivity contribution in [2.24, 2.45) is 5.92 Å². The standard InChI is InChI=1S/C14H27ClO4/c1-3-5-6-13(4-2)14(16)19-12-11-18-10-9-17-8-7-15/h13H,3-12H2,1-2H3. The molecule has 0 aromatic carbocycles. The van der Waals surface area contributed by atoms with Crippen LogP contribution in [0.1, 0.15) is 39.5 Å². The molecule has 0 spiro atoms. The number of carbonyl (C=O) groups excluding carboxylic acids is 1. The Hall–Kier alpha value is -0.320. The summed E-state index contributed by atoms with van der Waals surface area (Å²) in [5.41, 5.74) is 0. The average Bonchev–Trinajstić information content (AvgIpc) is 2.42. The van der Waals surface area contributed by atoms with Crippen molar-refractivity contribution in [1.29, 1.82) is 0 Å². The van der Waals surface area contributed by atoms with Crippen LogP contribution in [0.15, 0.2) is 0 Å². The highest BCUT2D eigenvalue weighted by atomic mass is 35.5. The summed E-state index contributed by atoms with van der Waals surface area (Å²) < 4.78 is 15.6. The van der Waals surface area contributed by atoms with Crippen LogP contribution in [0.25, 0.3) is 0 Å². The molecule has 0 radical (unpaired) electrons. The number of carbonyl (C=O) groups is 1. The minimum atomic E-state index is -0.0991. The lowest BCUT2D eigenvalue weighted by molar-refractivity contribution is -0.150. The fourth-order valence-electron chi connectivity index (χ4n) is 1.63. The van der Waals surface area contributed by atoms with E-state index < -0.39 is 0 Å². The smallest absolute Gasteiger partial charge is 0.308 e. The Morgan fingerprint density at radius 2 is 1.68 bits per heavy atom. The summed E-state index contributed by atoms with van der Waals surface area (Å²) in [6.07, 6.45) is 3.93. The molecule has 0 amide bonds. The molecular weight excluding hydrogens is 268 g/mol. The quantitative estimate of drug-likeness (QED) is 0.297. The number of ether oxygens (including phenoxy) is 3. The van der Waals surface area contributed by atoms with E-state index in [4.69, 9.17) is 25.8 Å². The van der Waals surface area contributed by atoms with Crippen LogP contribution < -0.4 is 0 Å². The van der Waals surface area contributed by atoms with Crippen LogP contribution in [-0.2, 0) is 19.0 Å². The Balaban J connectivity index is 3.45. The van der Waals surface area contributed by atoms with E-state index in [1.165, 1.54) is 0 Å². The van der Waals surface area contributed by atoms with Crippen molar-refractivity contribution in [3.63, 3.8) is 0 Å². The fraction of sp³-hybridized carbons (Fsp3) is 0.929. The number of esters is 1. The molecule has 0 aliphatic carbocycles. The highest BCUT2D eigenvalue weighted by molar-refractivity contribution is 6.17. The molecule has 0 aliphatic heterocycles. The molecular formula is C14H27ClO4. The minimum Gasteiger partial charge on any atom is -0.463 e. The zero-order valence-corrected chi connectivity index (χ0v) is 12.9. The molecule has 0 saturated carbocycles. The Bertz CT molecular complexity index is 212. The molecule has 0 saturated heterocycles. The van der Waals surface area contributed by atoms with Gasteiger partial charge in [-0.15, -0.1) is 11.6 Å². The average molecular weight is 295 g/mol. The first kappa shape index (κ1) is 18.7. The molecule has 1 unspecified atom stereocenters. The Morgan fingerprint density at radius 3 is 2.26 bits per heavy atom. The van der Waals surface area contributed by atoms with Gasteiger partial charge in [0.05, 0.1) is 32.3 Å². The SMILES string of the molecule is CCCCC(CC)C(=O)OCCOCCOCCCl. The van der Waals surface area contributed by atoms with Crippen molar-refractivity contribution in [1.82, 2.24) is 0 Å². The number of alkyl halides is 1. The zero-order valence-electron chi connectivity index (χ0n) is 12.2. The van der Waals surface area contributed by atoms with Crippen LogP contribution >= 0.6 is 11.6 Å². The molecule has 0 fully saturated rings. The maximum absolute atomic E-state index is 11.7. The molecule has 0 bridgehead atoms. The van der Waals surface area contributed by atoms with E-state index in [2.05, 4.69) is 6.92 Å². The summed E-state index contributed by atoms with van der Waals surface area (Å²) in [7, 11) is 0. The van der Waals surface area contributed by atoms with Crippen LogP contribution in [-0.4, -0.2) is 44.9 Å². The van der Waals surface area contributed by atoms with Gasteiger partial charge in [-0.2, -0.15) is 0 Å². The third kappa shape index (κ3) is 11.2. The van der Waals surface area contributed by atoms with E-state index in [9.17, 15) is 4.79 Å². The van der Waals surface area contributed by atoms with Gasteiger partial charge in [0, 0.05) is 5.88 Å². The lowest BCUT2D eigenvalue weighted by atomic mass is 10.00. The minimum absolute atomic E-state index is 0.0343. The first-order valence-corrected chi connectivity index (χ1v) is 7.67. The van der Waals surface area contributed by atoms with Gasteiger partial charge in [-0.05, 0) is 12.8 Å². The van der Waals surface area contributed by atoms with Crippen molar-refractivity contribution < 1.29 is 19.0 Å². The molecule has 0 rings (SSSR count). The van der Waals surface area contributed by atoms with E-state index in [0.29, 0.717) is 38.9 Å². The topological polar surface area (TPSA) is 44.8 Å². The Kier molecular flexibility index (Phi) is 13.9. The number of halogens is 1. The van der Waals surface area contributed by atoms with Crippen molar-refractivity contribution in [3.8, 4) is 0 Å². The first-order valence-electron chi connectivity index (χ1n) is 7.14. The predicted molar refractivity (Wildman–Crippen MR) is 76.6 cm³/mol. The summed E-state index contributed by atoms with van der Waals surface area (Å²) in [6, 6.07) is 0. The van der Waals surface area contributed by atoms with E-state index in [0.717, 1.165) is 25.7 Å². The van der Waals surface area contributed by atoms with Crippen molar-refractivity contribution in [2.75, 3.05) is 38.9 Å². The zero-order chi connectivity index (χ0) is 14.3. The molecule has 0 heterocycles. The third-order valence-corrected chi connectivity index (χ3v) is 2.95. The number of rotatable bonds is 13. The normalized spacial score (nSPS) is 12.4. The number of unbranched alkanes of at least 4 members (excludes halogenated alkanes) is 1. The monoisotopic (exact) mass is 294 g/mol. The van der Waals surface area contributed by atoms with Gasteiger partial charge in [-0.25, -0.2) is 0 Å². The molecule has 0 aromatic rings. The van der Waals surface area contributed by atoms with Gasteiger partial charge in [0.2, 0.25) is 0 Å². The Labute approximate surface area is 121 Å². The second-order valence-corrected chi connectivity index (χ2v) is 4.71. The van der Waals surface area contributed by atoms with Gasteiger partial charge >= 0.3 is 5.97 Å². The molecule has 19 heavy (non-hydrogen) atoms. The third-order valence-electron chi connectivity index (χ3n) is 2.80. The molecule has 0 N–H and O–H groups in total. The van der Waals surface area contributed by atoms with Crippen LogP contribution in [0.5, 0.6) is 0 Å². The summed E-state index contributed by atoms with van der Waals surface area (Å²) in [6.45, 7) is 6.44. The van der Waals surface area contributed by atoms with Crippen LogP contribution in [0.4, 0.5) is 0 Å². The summed E-state index contributed by atoms with van der Waals surface area (Å²) in [4.78, 5) is 11.7. The Morgan fingerprint density at radius 1 is 1.05 bits per heavy atom. The molecule has 5 heteroatoms. The van der Waals surface area contributed by atoms with Crippen molar-refractivity contribution in [3.05, 3.63) is 0 Å². The number of hydrogen-bond donors (Lipinski definition) is 0. The van der Waals surface area contributed by atoms with Crippen molar-refractivity contribution >= 4 is 17.6 Å². The molecule has 4 nitrogen and oxygen atoms in total.